The molecule has 1 aliphatic carbocycles. The molecule has 100 valence electrons. The second kappa shape index (κ2) is 6.91. The summed E-state index contributed by atoms with van der Waals surface area (Å²) in [4.78, 5) is 0. The van der Waals surface area contributed by atoms with Gasteiger partial charge in [-0.3, -0.25) is 0 Å². The smallest absolute Gasteiger partial charge is 0.0431 e. The van der Waals surface area contributed by atoms with Crippen molar-refractivity contribution in [3.8, 4) is 0 Å². The maximum Gasteiger partial charge on any atom is 0.0431 e. The molecule has 0 radical (unpaired) electrons. The van der Waals surface area contributed by atoms with Crippen molar-refractivity contribution >= 4 is 0 Å². The van der Waals surface area contributed by atoms with Gasteiger partial charge in [0.2, 0.25) is 0 Å². The number of unbranched alkanes of at least 4 members (excludes halogenated alkanes) is 3. The Morgan fingerprint density at radius 1 is 1.22 bits per heavy atom. The lowest BCUT2D eigenvalue weighted by molar-refractivity contribution is 0.282. The minimum absolute atomic E-state index is 0.336. The topological polar surface area (TPSA) is 32.3 Å². The summed E-state index contributed by atoms with van der Waals surface area (Å²) in [6, 6.07) is 7.41. The van der Waals surface area contributed by atoms with Gasteiger partial charge < -0.3 is 10.4 Å². The van der Waals surface area contributed by atoms with Gasteiger partial charge in [-0.25, -0.2) is 0 Å². The van der Waals surface area contributed by atoms with E-state index in [0.717, 1.165) is 19.4 Å². The monoisotopic (exact) mass is 247 g/mol. The van der Waals surface area contributed by atoms with Crippen molar-refractivity contribution in [1.29, 1.82) is 0 Å². The number of fused-ring (bicyclic) bond motifs is 1. The molecule has 2 rings (SSSR count). The van der Waals surface area contributed by atoms with Crippen molar-refractivity contribution in [3.63, 3.8) is 0 Å². The molecule has 0 amide bonds. The first-order valence-electron chi connectivity index (χ1n) is 7.25. The summed E-state index contributed by atoms with van der Waals surface area (Å²) >= 11 is 0. The molecule has 1 atom stereocenters. The summed E-state index contributed by atoms with van der Waals surface area (Å²) in [5, 5.41) is 12.4. The zero-order valence-electron chi connectivity index (χ0n) is 11.4. The summed E-state index contributed by atoms with van der Waals surface area (Å²) in [5.41, 5.74) is 4.41. The number of benzene rings is 1. The van der Waals surface area contributed by atoms with E-state index in [-0.39, 0.29) is 0 Å². The third-order valence-electron chi connectivity index (χ3n) is 3.85. The quantitative estimate of drug-likeness (QED) is 0.726. The highest BCUT2D eigenvalue weighted by molar-refractivity contribution is 5.37. The van der Waals surface area contributed by atoms with Crippen LogP contribution in [0, 0.1) is 6.92 Å². The van der Waals surface area contributed by atoms with Gasteiger partial charge >= 0.3 is 0 Å². The fourth-order valence-electron chi connectivity index (χ4n) is 2.80. The lowest BCUT2D eigenvalue weighted by atomic mass is 10.0. The Morgan fingerprint density at radius 3 is 2.89 bits per heavy atom. The summed E-state index contributed by atoms with van der Waals surface area (Å²) in [6.07, 6.45) is 7.01. The fourth-order valence-corrected chi connectivity index (χ4v) is 2.80. The normalized spacial score (nSPS) is 18.0. The average molecular weight is 247 g/mol. The number of rotatable bonds is 7. The van der Waals surface area contributed by atoms with Crippen LogP contribution in [0.2, 0.25) is 0 Å². The van der Waals surface area contributed by atoms with Crippen molar-refractivity contribution in [2.75, 3.05) is 13.2 Å². The molecule has 2 N–H and O–H groups in total. The molecule has 1 aromatic carbocycles. The zero-order chi connectivity index (χ0) is 12.8. The summed E-state index contributed by atoms with van der Waals surface area (Å²) in [7, 11) is 0. The molecule has 2 heteroatoms. The van der Waals surface area contributed by atoms with Crippen LogP contribution < -0.4 is 5.32 Å². The first-order chi connectivity index (χ1) is 8.81. The van der Waals surface area contributed by atoms with E-state index in [9.17, 15) is 0 Å². The van der Waals surface area contributed by atoms with E-state index in [1.165, 1.54) is 42.4 Å². The number of nitrogens with one attached hydrogen (secondary N) is 1. The highest BCUT2D eigenvalue weighted by atomic mass is 16.2. The number of aliphatic hydroxyl groups is 1. The third-order valence-corrected chi connectivity index (χ3v) is 3.85. The van der Waals surface area contributed by atoms with Crippen molar-refractivity contribution in [2.45, 2.75) is 51.5 Å². The lowest BCUT2D eigenvalue weighted by Gasteiger charge is -2.14. The Bertz CT molecular complexity index is 375. The molecule has 2 nitrogen and oxygen atoms in total. The highest BCUT2D eigenvalue weighted by Gasteiger charge is 2.21. The minimum Gasteiger partial charge on any atom is -0.396 e. The van der Waals surface area contributed by atoms with E-state index in [4.69, 9.17) is 5.11 Å². The van der Waals surface area contributed by atoms with Gasteiger partial charge in [-0.2, -0.15) is 0 Å². The summed E-state index contributed by atoms with van der Waals surface area (Å²) in [6.45, 7) is 3.61. The molecule has 0 fully saturated rings. The number of hydrogen-bond donors (Lipinski definition) is 2. The largest absolute Gasteiger partial charge is 0.396 e. The van der Waals surface area contributed by atoms with E-state index in [1.807, 2.05) is 0 Å². The first kappa shape index (κ1) is 13.6. The highest BCUT2D eigenvalue weighted by Crippen LogP contribution is 2.31. The predicted octanol–water partition coefficient (Wildman–Crippen LogP) is 3.12. The molecular formula is C16H25NO. The zero-order valence-corrected chi connectivity index (χ0v) is 11.4. The second-order valence-electron chi connectivity index (χ2n) is 5.39. The van der Waals surface area contributed by atoms with E-state index in [0.29, 0.717) is 12.6 Å². The Labute approximate surface area is 110 Å². The molecule has 1 aliphatic rings. The van der Waals surface area contributed by atoms with Crippen LogP contribution in [-0.4, -0.2) is 18.3 Å². The Kier molecular flexibility index (Phi) is 5.21. The van der Waals surface area contributed by atoms with Crippen LogP contribution in [0.15, 0.2) is 18.2 Å². The van der Waals surface area contributed by atoms with Gasteiger partial charge in [-0.05, 0) is 50.3 Å². The van der Waals surface area contributed by atoms with Crippen molar-refractivity contribution in [1.82, 2.24) is 5.32 Å². The van der Waals surface area contributed by atoms with Crippen molar-refractivity contribution in [3.05, 3.63) is 34.9 Å². The van der Waals surface area contributed by atoms with Crippen LogP contribution in [0.3, 0.4) is 0 Å². The van der Waals surface area contributed by atoms with Crippen LogP contribution in [0.4, 0.5) is 0 Å². The third kappa shape index (κ3) is 3.56. The Morgan fingerprint density at radius 2 is 2.06 bits per heavy atom. The van der Waals surface area contributed by atoms with Gasteiger partial charge in [-0.15, -0.1) is 0 Å². The average Bonchev–Trinajstić information content (AvgIpc) is 2.76. The van der Waals surface area contributed by atoms with Crippen LogP contribution >= 0.6 is 0 Å². The molecule has 0 spiro atoms. The Balaban J connectivity index is 1.74. The molecule has 0 saturated heterocycles. The number of aliphatic hydroxyl groups excluding tert-OH is 1. The van der Waals surface area contributed by atoms with E-state index in [1.54, 1.807) is 0 Å². The fraction of sp³-hybridized carbons (Fsp3) is 0.625. The summed E-state index contributed by atoms with van der Waals surface area (Å²) in [5.74, 6) is 0. The SMILES string of the molecule is Cc1ccc2c(c1)C(NCCCCCCO)CC2. The van der Waals surface area contributed by atoms with Crippen LogP contribution in [0.5, 0.6) is 0 Å². The van der Waals surface area contributed by atoms with Gasteiger partial charge in [0.25, 0.3) is 0 Å². The van der Waals surface area contributed by atoms with Gasteiger partial charge in [0.1, 0.15) is 0 Å². The predicted molar refractivity (Wildman–Crippen MR) is 75.8 cm³/mol. The molecule has 0 bridgehead atoms. The van der Waals surface area contributed by atoms with Gasteiger partial charge in [0.15, 0.2) is 0 Å². The van der Waals surface area contributed by atoms with E-state index >= 15 is 0 Å². The second-order valence-corrected chi connectivity index (χ2v) is 5.39. The standard InChI is InChI=1S/C16H25NO/c1-13-6-7-14-8-9-16(15(14)12-13)17-10-4-2-3-5-11-18/h6-7,12,16-18H,2-5,8-11H2,1H3. The maximum absolute atomic E-state index is 8.71. The minimum atomic E-state index is 0.336. The van der Waals surface area contributed by atoms with E-state index in [2.05, 4.69) is 30.4 Å². The van der Waals surface area contributed by atoms with Gasteiger partial charge in [-0.1, -0.05) is 36.6 Å². The van der Waals surface area contributed by atoms with Gasteiger partial charge in [0.05, 0.1) is 0 Å². The first-order valence-corrected chi connectivity index (χ1v) is 7.25. The molecule has 0 aliphatic heterocycles. The molecule has 1 unspecified atom stereocenters. The molecule has 0 saturated carbocycles. The number of hydrogen-bond acceptors (Lipinski definition) is 2. The van der Waals surface area contributed by atoms with Crippen LogP contribution in [-0.2, 0) is 6.42 Å². The summed E-state index contributed by atoms with van der Waals surface area (Å²) < 4.78 is 0. The van der Waals surface area contributed by atoms with Crippen molar-refractivity contribution < 1.29 is 5.11 Å². The van der Waals surface area contributed by atoms with Crippen LogP contribution in [0.25, 0.3) is 0 Å². The van der Waals surface area contributed by atoms with Crippen LogP contribution in [0.1, 0.15) is 54.8 Å². The number of aryl methyl sites for hydroxylation is 2. The molecular weight excluding hydrogens is 222 g/mol. The Hall–Kier alpha value is -0.860. The molecule has 0 aromatic heterocycles. The molecule has 18 heavy (non-hydrogen) atoms. The lowest BCUT2D eigenvalue weighted by Crippen LogP contribution is -2.20. The maximum atomic E-state index is 8.71. The van der Waals surface area contributed by atoms with E-state index < -0.39 is 0 Å². The molecule has 0 heterocycles. The molecule has 1 aromatic rings. The van der Waals surface area contributed by atoms with Gasteiger partial charge in [0, 0.05) is 12.6 Å². The van der Waals surface area contributed by atoms with Crippen molar-refractivity contribution in [2.24, 2.45) is 0 Å².